The maximum absolute atomic E-state index is 10.5. The molecule has 0 aliphatic carbocycles. The van der Waals surface area contributed by atoms with Gasteiger partial charge in [0, 0.05) is 6.42 Å². The van der Waals surface area contributed by atoms with E-state index in [-0.39, 0.29) is 10.6 Å². The minimum Gasteiger partial charge on any atom is -0.508 e. The van der Waals surface area contributed by atoms with Gasteiger partial charge >= 0.3 is 0 Å². The van der Waals surface area contributed by atoms with Crippen molar-refractivity contribution in [1.82, 2.24) is 0 Å². The lowest BCUT2D eigenvalue weighted by atomic mass is 10.2. The second-order valence-electron chi connectivity index (χ2n) is 8.70. The Bertz CT molecular complexity index is 1370. The van der Waals surface area contributed by atoms with Crippen LogP contribution in [0, 0.1) is 20.8 Å². The number of benzene rings is 4. The molecule has 4 aromatic carbocycles. The highest BCUT2D eigenvalue weighted by molar-refractivity contribution is 7.85. The number of rotatable bonds is 2. The molecular formula is C31H36O10S. The van der Waals surface area contributed by atoms with Crippen LogP contribution in [0.5, 0.6) is 17.2 Å². The molecule has 10 nitrogen and oxygen atoms in total. The van der Waals surface area contributed by atoms with Gasteiger partial charge in [0.05, 0.1) is 23.7 Å². The number of para-hydroxylation sites is 1. The van der Waals surface area contributed by atoms with Gasteiger partial charge in [-0.05, 0) is 74.9 Å². The first-order valence-corrected chi connectivity index (χ1v) is 14.1. The maximum atomic E-state index is 10.5. The number of aldehydes is 1. The Hall–Kier alpha value is -4.26. The van der Waals surface area contributed by atoms with Gasteiger partial charge in [-0.15, -0.1) is 0 Å². The van der Waals surface area contributed by atoms with Crippen LogP contribution in [0.1, 0.15) is 33.5 Å². The van der Waals surface area contributed by atoms with E-state index in [1.54, 1.807) is 54.6 Å². The second-order valence-corrected chi connectivity index (χ2v) is 10.1. The van der Waals surface area contributed by atoms with Crippen LogP contribution in [-0.4, -0.2) is 47.8 Å². The lowest BCUT2D eigenvalue weighted by Crippen LogP contribution is -2.08. The zero-order valence-electron chi connectivity index (χ0n) is 23.6. The number of hydrogen-bond donors (Lipinski definition) is 4. The number of aromatic hydroxyl groups is 3. The van der Waals surface area contributed by atoms with Gasteiger partial charge in [-0.2, -0.15) is 8.42 Å². The van der Waals surface area contributed by atoms with Gasteiger partial charge in [0.2, 0.25) is 0 Å². The predicted octanol–water partition coefficient (Wildman–Crippen LogP) is 6.12. The van der Waals surface area contributed by atoms with Gasteiger partial charge in [-0.1, -0.05) is 64.7 Å². The second kappa shape index (κ2) is 19.8. The zero-order chi connectivity index (χ0) is 31.4. The Balaban J connectivity index is 0.000000266. The molecule has 1 fully saturated rings. The molecule has 0 saturated carbocycles. The van der Waals surface area contributed by atoms with Gasteiger partial charge in [0.25, 0.3) is 10.1 Å². The summed E-state index contributed by atoms with van der Waals surface area (Å²) < 4.78 is 29.6. The van der Waals surface area contributed by atoms with Crippen LogP contribution in [-0.2, 0) is 24.9 Å². The minimum absolute atomic E-state index is 0.0347. The third-order valence-electron chi connectivity index (χ3n) is 4.97. The van der Waals surface area contributed by atoms with E-state index in [9.17, 15) is 13.2 Å². The van der Waals surface area contributed by atoms with E-state index in [1.807, 2.05) is 45.0 Å². The molecule has 4 N–H and O–H groups in total. The van der Waals surface area contributed by atoms with Crippen LogP contribution >= 0.6 is 0 Å². The lowest BCUT2D eigenvalue weighted by molar-refractivity contribution is -0.532. The molecule has 42 heavy (non-hydrogen) atoms. The largest absolute Gasteiger partial charge is 0.508 e. The summed E-state index contributed by atoms with van der Waals surface area (Å²) in [5, 5.41) is 30.5. The van der Waals surface area contributed by atoms with E-state index in [1.165, 1.54) is 23.8 Å². The van der Waals surface area contributed by atoms with Crippen LogP contribution < -0.4 is 0 Å². The average Bonchev–Trinajstić information content (AvgIpc) is 2.97. The highest BCUT2D eigenvalue weighted by atomic mass is 32.2. The van der Waals surface area contributed by atoms with Gasteiger partial charge in [-0.3, -0.25) is 9.35 Å². The third kappa shape index (κ3) is 16.8. The number of aryl methyl sites for hydroxylation is 3. The van der Waals surface area contributed by atoms with Gasteiger partial charge in [0.15, 0.2) is 6.29 Å². The zero-order valence-corrected chi connectivity index (χ0v) is 24.4. The fourth-order valence-corrected chi connectivity index (χ4v) is 3.23. The number of carbonyl (C=O) groups is 1. The van der Waals surface area contributed by atoms with Crippen molar-refractivity contribution in [3.05, 3.63) is 119 Å². The molecule has 1 aliphatic heterocycles. The Kier molecular flexibility index (Phi) is 16.8. The van der Waals surface area contributed by atoms with Crippen molar-refractivity contribution >= 4 is 16.4 Å². The Morgan fingerprint density at radius 1 is 0.667 bits per heavy atom. The van der Waals surface area contributed by atoms with Crippen LogP contribution in [0.2, 0.25) is 0 Å². The van der Waals surface area contributed by atoms with Crippen molar-refractivity contribution < 1.29 is 47.9 Å². The fourth-order valence-electron chi connectivity index (χ4n) is 2.75. The first kappa shape index (κ1) is 35.8. The molecule has 0 amide bonds. The molecule has 0 spiro atoms. The first-order chi connectivity index (χ1) is 19.9. The molecule has 0 radical (unpaired) electrons. The van der Waals surface area contributed by atoms with Crippen molar-refractivity contribution in [2.75, 3.05) is 13.2 Å². The van der Waals surface area contributed by atoms with E-state index in [2.05, 4.69) is 14.8 Å². The molecule has 0 unspecified atom stereocenters. The monoisotopic (exact) mass is 600 g/mol. The summed E-state index contributed by atoms with van der Waals surface area (Å²) in [5.41, 5.74) is 3.54. The minimum atomic E-state index is -4.02. The van der Waals surface area contributed by atoms with Gasteiger partial charge in [-0.25, -0.2) is 9.78 Å². The van der Waals surface area contributed by atoms with Crippen molar-refractivity contribution in [3.63, 3.8) is 0 Å². The quantitative estimate of drug-likeness (QED) is 0.120. The first-order valence-electron chi connectivity index (χ1n) is 12.6. The lowest BCUT2D eigenvalue weighted by Gasteiger charge is -2.06. The third-order valence-corrected chi connectivity index (χ3v) is 5.84. The summed E-state index contributed by atoms with van der Waals surface area (Å²) in [6.45, 7) is 7.08. The van der Waals surface area contributed by atoms with E-state index in [0.29, 0.717) is 36.6 Å². The maximum Gasteiger partial charge on any atom is 0.294 e. The highest BCUT2D eigenvalue weighted by Crippen LogP contribution is 2.12. The van der Waals surface area contributed by atoms with E-state index >= 15 is 0 Å². The molecule has 226 valence electrons. The number of carbonyl (C=O) groups excluding carboxylic acids is 1. The Morgan fingerprint density at radius 3 is 1.55 bits per heavy atom. The highest BCUT2D eigenvalue weighted by Gasteiger charge is 2.06. The van der Waals surface area contributed by atoms with E-state index in [0.717, 1.165) is 17.5 Å². The fraction of sp³-hybridized carbons (Fsp3) is 0.194. The Labute approximate surface area is 246 Å². The molecular weight excluding hydrogens is 564 g/mol. The number of phenols is 3. The van der Waals surface area contributed by atoms with Crippen LogP contribution in [0.25, 0.3) is 0 Å². The molecule has 0 aromatic heterocycles. The van der Waals surface area contributed by atoms with Crippen LogP contribution in [0.15, 0.2) is 102 Å². The summed E-state index contributed by atoms with van der Waals surface area (Å²) in [6.07, 6.45) is 1.55. The van der Waals surface area contributed by atoms with E-state index < -0.39 is 10.1 Å². The SMILES string of the molecule is C1COOOC1.Cc1ccc(O)cc1.Cc1ccc(S(=O)(=O)O)cc1.Cc1cccc(O)c1.O=Cc1ccccc1O. The van der Waals surface area contributed by atoms with E-state index in [4.69, 9.17) is 19.9 Å². The summed E-state index contributed by atoms with van der Waals surface area (Å²) in [5.74, 6) is 0.702. The number of hydrogen-bond acceptors (Lipinski definition) is 9. The summed E-state index contributed by atoms with van der Waals surface area (Å²) in [4.78, 5) is 18.7. The molecule has 11 heteroatoms. The standard InChI is InChI=1S/C7H8O3S.C7H6O2.2C7H8O.C3H6O3/c1-6-2-4-7(5-3-6)11(8,9)10;8-5-6-3-1-2-4-7(6)9;1-6-2-4-7(8)5-3-6;1-6-3-2-4-7(8)5-6;1-2-4-6-5-3-1/h2-5H,1H3,(H,8,9,10);1-5,9H;2*2-5,8H,1H3;1-3H2. The summed E-state index contributed by atoms with van der Waals surface area (Å²) in [6, 6.07) is 26.6. The number of phenolic OH excluding ortho intramolecular Hbond substituents is 3. The molecule has 1 saturated heterocycles. The molecule has 0 atom stereocenters. The van der Waals surface area contributed by atoms with Crippen LogP contribution in [0.4, 0.5) is 0 Å². The predicted molar refractivity (Wildman–Crippen MR) is 158 cm³/mol. The topological polar surface area (TPSA) is 160 Å². The normalized spacial score (nSPS) is 11.8. The van der Waals surface area contributed by atoms with Gasteiger partial charge < -0.3 is 15.3 Å². The molecule has 0 bridgehead atoms. The van der Waals surface area contributed by atoms with Crippen molar-refractivity contribution in [3.8, 4) is 17.2 Å². The molecule has 1 aliphatic rings. The summed E-state index contributed by atoms with van der Waals surface area (Å²) in [7, 11) is -4.02. The van der Waals surface area contributed by atoms with Crippen LogP contribution in [0.3, 0.4) is 0 Å². The summed E-state index contributed by atoms with van der Waals surface area (Å²) >= 11 is 0. The Morgan fingerprint density at radius 2 is 1.21 bits per heavy atom. The van der Waals surface area contributed by atoms with Gasteiger partial charge in [0.1, 0.15) is 17.2 Å². The van der Waals surface area contributed by atoms with Crippen molar-refractivity contribution in [1.29, 1.82) is 0 Å². The average molecular weight is 601 g/mol. The molecule has 5 rings (SSSR count). The molecule has 4 aromatic rings. The van der Waals surface area contributed by atoms with Crippen molar-refractivity contribution in [2.45, 2.75) is 32.1 Å². The smallest absolute Gasteiger partial charge is 0.294 e. The molecule has 1 heterocycles. The van der Waals surface area contributed by atoms with Crippen molar-refractivity contribution in [2.24, 2.45) is 0 Å².